The van der Waals surface area contributed by atoms with E-state index in [2.05, 4.69) is 19.2 Å². The van der Waals surface area contributed by atoms with Gasteiger partial charge in [0.1, 0.15) is 5.75 Å². The van der Waals surface area contributed by atoms with Crippen LogP contribution in [0.5, 0.6) is 5.75 Å². The standard InChI is InChI=1S/C20H25NO2/c1-14(2)12-19(16-8-10-18(23-4)11-9-16)21-20(22)17-7-5-6-15(3)13-17/h5-11,13-14,19H,12H2,1-4H3,(H,21,22)/t19-/m1/s1. The van der Waals surface area contributed by atoms with Gasteiger partial charge in [0, 0.05) is 5.56 Å². The van der Waals surface area contributed by atoms with Crippen molar-refractivity contribution in [1.82, 2.24) is 5.32 Å². The summed E-state index contributed by atoms with van der Waals surface area (Å²) < 4.78 is 5.21. The Morgan fingerprint density at radius 1 is 1.13 bits per heavy atom. The first kappa shape index (κ1) is 17.1. The van der Waals surface area contributed by atoms with Crippen LogP contribution < -0.4 is 10.1 Å². The fourth-order valence-corrected chi connectivity index (χ4v) is 2.61. The predicted molar refractivity (Wildman–Crippen MR) is 93.8 cm³/mol. The maximum atomic E-state index is 12.5. The van der Waals surface area contributed by atoms with Gasteiger partial charge in [0.2, 0.25) is 0 Å². The summed E-state index contributed by atoms with van der Waals surface area (Å²) in [5.74, 6) is 1.28. The molecule has 1 amide bonds. The first-order valence-electron chi connectivity index (χ1n) is 8.01. The molecule has 2 aromatic carbocycles. The van der Waals surface area contributed by atoms with E-state index in [-0.39, 0.29) is 11.9 Å². The van der Waals surface area contributed by atoms with Crippen LogP contribution in [0.25, 0.3) is 0 Å². The molecular formula is C20H25NO2. The summed E-state index contributed by atoms with van der Waals surface area (Å²) in [5, 5.41) is 3.17. The molecule has 0 spiro atoms. The number of hydrogen-bond acceptors (Lipinski definition) is 2. The third-order valence-corrected chi connectivity index (χ3v) is 3.81. The van der Waals surface area contributed by atoms with Crippen LogP contribution >= 0.6 is 0 Å². The Kier molecular flexibility index (Phi) is 5.80. The first-order valence-corrected chi connectivity index (χ1v) is 8.01. The molecule has 0 fully saturated rings. The highest BCUT2D eigenvalue weighted by Crippen LogP contribution is 2.24. The maximum Gasteiger partial charge on any atom is 0.251 e. The second-order valence-corrected chi connectivity index (χ2v) is 6.30. The van der Waals surface area contributed by atoms with E-state index in [0.717, 1.165) is 23.3 Å². The lowest BCUT2D eigenvalue weighted by Crippen LogP contribution is -2.29. The Hall–Kier alpha value is -2.29. The highest BCUT2D eigenvalue weighted by molar-refractivity contribution is 5.94. The zero-order valence-corrected chi connectivity index (χ0v) is 14.3. The van der Waals surface area contributed by atoms with Gasteiger partial charge < -0.3 is 10.1 Å². The van der Waals surface area contributed by atoms with Gasteiger partial charge in [-0.25, -0.2) is 0 Å². The minimum atomic E-state index is -0.0323. The molecule has 0 saturated carbocycles. The molecule has 0 heterocycles. The molecule has 2 aromatic rings. The number of carbonyl (C=O) groups is 1. The number of aryl methyl sites for hydroxylation is 1. The van der Waals surface area contributed by atoms with Crippen molar-refractivity contribution >= 4 is 5.91 Å². The van der Waals surface area contributed by atoms with Gasteiger partial charge >= 0.3 is 0 Å². The number of methoxy groups -OCH3 is 1. The maximum absolute atomic E-state index is 12.5. The molecule has 0 aliphatic rings. The van der Waals surface area contributed by atoms with Crippen molar-refractivity contribution in [2.45, 2.75) is 33.2 Å². The van der Waals surface area contributed by atoms with Gasteiger partial charge in [-0.1, -0.05) is 43.7 Å². The van der Waals surface area contributed by atoms with Crippen molar-refractivity contribution in [2.75, 3.05) is 7.11 Å². The molecule has 2 rings (SSSR count). The van der Waals surface area contributed by atoms with Gasteiger partial charge in [0.25, 0.3) is 5.91 Å². The molecule has 23 heavy (non-hydrogen) atoms. The van der Waals surface area contributed by atoms with Gasteiger partial charge in [0.05, 0.1) is 13.2 Å². The van der Waals surface area contributed by atoms with Crippen LogP contribution in [-0.2, 0) is 0 Å². The molecule has 0 radical (unpaired) electrons. The highest BCUT2D eigenvalue weighted by atomic mass is 16.5. The molecule has 0 saturated heterocycles. The van der Waals surface area contributed by atoms with Crippen LogP contribution in [0, 0.1) is 12.8 Å². The summed E-state index contributed by atoms with van der Waals surface area (Å²) in [5.41, 5.74) is 2.88. The summed E-state index contributed by atoms with van der Waals surface area (Å²) in [6, 6.07) is 15.6. The van der Waals surface area contributed by atoms with E-state index in [1.54, 1.807) is 7.11 Å². The Labute approximate surface area is 138 Å². The number of carbonyl (C=O) groups excluding carboxylic acids is 1. The summed E-state index contributed by atoms with van der Waals surface area (Å²) in [7, 11) is 1.65. The van der Waals surface area contributed by atoms with Gasteiger partial charge in [-0.2, -0.15) is 0 Å². The SMILES string of the molecule is COc1ccc([C@@H](CC(C)C)NC(=O)c2cccc(C)c2)cc1. The van der Waals surface area contributed by atoms with E-state index in [1.165, 1.54) is 0 Å². The molecule has 3 heteroatoms. The van der Waals surface area contributed by atoms with E-state index in [9.17, 15) is 4.79 Å². The van der Waals surface area contributed by atoms with Crippen molar-refractivity contribution in [3.05, 3.63) is 65.2 Å². The summed E-state index contributed by atoms with van der Waals surface area (Å²) in [6.45, 7) is 6.32. The Bertz CT molecular complexity index is 647. The van der Waals surface area contributed by atoms with Crippen molar-refractivity contribution in [3.8, 4) is 5.75 Å². The van der Waals surface area contributed by atoms with E-state index in [1.807, 2.05) is 55.5 Å². The molecule has 1 N–H and O–H groups in total. The van der Waals surface area contributed by atoms with E-state index >= 15 is 0 Å². The van der Waals surface area contributed by atoms with Crippen LogP contribution in [0.2, 0.25) is 0 Å². The van der Waals surface area contributed by atoms with E-state index in [0.29, 0.717) is 11.5 Å². The largest absolute Gasteiger partial charge is 0.497 e. The lowest BCUT2D eigenvalue weighted by atomic mass is 9.96. The van der Waals surface area contributed by atoms with Gasteiger partial charge in [-0.05, 0) is 49.1 Å². The second kappa shape index (κ2) is 7.82. The third-order valence-electron chi connectivity index (χ3n) is 3.81. The zero-order chi connectivity index (χ0) is 16.8. The predicted octanol–water partition coefficient (Wildman–Crippen LogP) is 4.52. The van der Waals surface area contributed by atoms with Crippen molar-refractivity contribution in [3.63, 3.8) is 0 Å². The molecule has 0 aliphatic heterocycles. The minimum Gasteiger partial charge on any atom is -0.497 e. The molecule has 0 aromatic heterocycles. The number of nitrogens with one attached hydrogen (secondary N) is 1. The first-order chi connectivity index (χ1) is 11.0. The average molecular weight is 311 g/mol. The monoisotopic (exact) mass is 311 g/mol. The normalized spacial score (nSPS) is 12.0. The summed E-state index contributed by atoms with van der Waals surface area (Å²) in [6.07, 6.45) is 0.893. The fraction of sp³-hybridized carbons (Fsp3) is 0.350. The van der Waals surface area contributed by atoms with Crippen LogP contribution in [0.1, 0.15) is 47.8 Å². The van der Waals surface area contributed by atoms with Crippen LogP contribution in [0.4, 0.5) is 0 Å². The Morgan fingerprint density at radius 2 is 1.83 bits per heavy atom. The van der Waals surface area contributed by atoms with Crippen molar-refractivity contribution in [1.29, 1.82) is 0 Å². The average Bonchev–Trinajstić information content (AvgIpc) is 2.54. The van der Waals surface area contributed by atoms with E-state index in [4.69, 9.17) is 4.74 Å². The van der Waals surface area contributed by atoms with Crippen LogP contribution in [0.3, 0.4) is 0 Å². The van der Waals surface area contributed by atoms with E-state index < -0.39 is 0 Å². The number of rotatable bonds is 6. The molecule has 0 unspecified atom stereocenters. The fourth-order valence-electron chi connectivity index (χ4n) is 2.61. The Morgan fingerprint density at radius 3 is 2.39 bits per heavy atom. The molecule has 122 valence electrons. The third kappa shape index (κ3) is 4.85. The minimum absolute atomic E-state index is 0.00563. The quantitative estimate of drug-likeness (QED) is 0.851. The van der Waals surface area contributed by atoms with Crippen LogP contribution in [0.15, 0.2) is 48.5 Å². The summed E-state index contributed by atoms with van der Waals surface area (Å²) in [4.78, 5) is 12.5. The molecule has 3 nitrogen and oxygen atoms in total. The lowest BCUT2D eigenvalue weighted by molar-refractivity contribution is 0.0932. The highest BCUT2D eigenvalue weighted by Gasteiger charge is 2.17. The van der Waals surface area contributed by atoms with Crippen molar-refractivity contribution < 1.29 is 9.53 Å². The van der Waals surface area contributed by atoms with Crippen molar-refractivity contribution in [2.24, 2.45) is 5.92 Å². The van der Waals surface area contributed by atoms with Gasteiger partial charge in [-0.3, -0.25) is 4.79 Å². The van der Waals surface area contributed by atoms with Gasteiger partial charge in [0.15, 0.2) is 0 Å². The number of amides is 1. The van der Waals surface area contributed by atoms with Crippen LogP contribution in [-0.4, -0.2) is 13.0 Å². The Balaban J connectivity index is 2.19. The second-order valence-electron chi connectivity index (χ2n) is 6.30. The lowest BCUT2D eigenvalue weighted by Gasteiger charge is -2.21. The molecule has 0 aliphatic carbocycles. The summed E-state index contributed by atoms with van der Waals surface area (Å²) >= 11 is 0. The zero-order valence-electron chi connectivity index (χ0n) is 14.3. The smallest absolute Gasteiger partial charge is 0.251 e. The molecule has 0 bridgehead atoms. The molecular weight excluding hydrogens is 286 g/mol. The molecule has 1 atom stereocenters. The number of hydrogen-bond donors (Lipinski definition) is 1. The van der Waals surface area contributed by atoms with Gasteiger partial charge in [-0.15, -0.1) is 0 Å². The number of ether oxygens (including phenoxy) is 1. The number of benzene rings is 2. The topological polar surface area (TPSA) is 38.3 Å².